The van der Waals surface area contributed by atoms with Gasteiger partial charge in [0.2, 0.25) is 0 Å². The number of carbonyl (C=O) groups is 1. The van der Waals surface area contributed by atoms with Gasteiger partial charge in [-0.15, -0.1) is 0 Å². The monoisotopic (exact) mass is 608 g/mol. The number of aryl methyl sites for hydroxylation is 1. The van der Waals surface area contributed by atoms with Gasteiger partial charge in [0.15, 0.2) is 4.80 Å². The molecule has 2 aromatic heterocycles. The third-order valence-electron chi connectivity index (χ3n) is 7.86. The molecule has 7 rings (SSSR count). The third kappa shape index (κ3) is 4.63. The molecule has 0 fully saturated rings. The second-order valence-electron chi connectivity index (χ2n) is 10.2. The highest BCUT2D eigenvalue weighted by Crippen LogP contribution is 2.43. The van der Waals surface area contributed by atoms with Crippen molar-refractivity contribution in [1.29, 1.82) is 0 Å². The van der Waals surface area contributed by atoms with Gasteiger partial charge in [-0.1, -0.05) is 65.4 Å². The van der Waals surface area contributed by atoms with Crippen LogP contribution in [0.25, 0.3) is 23.1 Å². The zero-order valence-corrected chi connectivity index (χ0v) is 24.9. The van der Waals surface area contributed by atoms with E-state index in [2.05, 4.69) is 18.2 Å². The molecule has 3 aromatic carbocycles. The second kappa shape index (κ2) is 10.9. The molecule has 0 radical (unpaired) electrons. The van der Waals surface area contributed by atoms with Crippen LogP contribution in [0.3, 0.4) is 0 Å². The minimum Gasteiger partial charge on any atom is -0.496 e. The number of rotatable bonds is 5. The molecule has 0 N–H and O–H groups in total. The number of ether oxygens (including phenoxy) is 2. The van der Waals surface area contributed by atoms with Crippen LogP contribution in [-0.2, 0) is 11.2 Å². The Bertz CT molecular complexity index is 2140. The molecule has 1 atom stereocenters. The van der Waals surface area contributed by atoms with E-state index in [1.807, 2.05) is 30.3 Å². The lowest BCUT2D eigenvalue weighted by Crippen LogP contribution is -2.38. The number of esters is 1. The standard InChI is InChI=1S/C34H25ClN2O5S/c1-40-28-10-6-5-9-23(28)31-24-14-11-19-7-3-4-8-22(19)30(24)36-34-37(31)32(38)29(43-34)18-21-13-16-27(42-21)20-12-15-26(35)25(17-20)33(39)41-2/h3-10,12-13,15-18,31H,11,14H2,1-2H3/b29-18+/t31-/m0/s1. The van der Waals surface area contributed by atoms with E-state index in [4.69, 9.17) is 30.5 Å². The van der Waals surface area contributed by atoms with Crippen LogP contribution in [0.5, 0.6) is 5.75 Å². The number of fused-ring (bicyclic) bond motifs is 3. The number of allylic oxidation sites excluding steroid dienone is 1. The first-order chi connectivity index (χ1) is 21.0. The number of methoxy groups -OCH3 is 2. The third-order valence-corrected chi connectivity index (χ3v) is 9.18. The van der Waals surface area contributed by atoms with Crippen molar-refractivity contribution in [3.05, 3.63) is 137 Å². The van der Waals surface area contributed by atoms with E-state index in [0.717, 1.165) is 41.0 Å². The molecule has 0 saturated carbocycles. The largest absolute Gasteiger partial charge is 0.496 e. The van der Waals surface area contributed by atoms with Crippen molar-refractivity contribution in [2.75, 3.05) is 14.2 Å². The Kier molecular flexibility index (Phi) is 6.88. The summed E-state index contributed by atoms with van der Waals surface area (Å²) in [5, 5.41) is 0.290. The molecule has 9 heteroatoms. The molecule has 1 aliphatic carbocycles. The molecule has 0 spiro atoms. The molecule has 0 saturated heterocycles. The summed E-state index contributed by atoms with van der Waals surface area (Å²) in [6.45, 7) is 0. The van der Waals surface area contributed by atoms with Crippen LogP contribution in [0.4, 0.5) is 0 Å². The number of benzene rings is 3. The van der Waals surface area contributed by atoms with Gasteiger partial charge in [0.05, 0.1) is 41.1 Å². The number of aromatic nitrogens is 1. The van der Waals surface area contributed by atoms with Gasteiger partial charge in [-0.3, -0.25) is 9.36 Å². The van der Waals surface area contributed by atoms with Gasteiger partial charge in [0.25, 0.3) is 5.56 Å². The molecule has 0 unspecified atom stereocenters. The molecule has 3 heterocycles. The first-order valence-corrected chi connectivity index (χ1v) is 14.9. The van der Waals surface area contributed by atoms with Crippen LogP contribution in [-0.4, -0.2) is 24.8 Å². The van der Waals surface area contributed by atoms with Crippen molar-refractivity contribution in [1.82, 2.24) is 4.57 Å². The predicted molar refractivity (Wildman–Crippen MR) is 166 cm³/mol. The number of furan rings is 1. The SMILES string of the molecule is COC(=O)c1cc(-c2ccc(/C=c3/sc4n(c3=O)[C@@H](c3ccccc3OC)C3=C(N=4)c4ccccc4CC3)o2)ccc1Cl. The molecule has 0 amide bonds. The van der Waals surface area contributed by atoms with Gasteiger partial charge in [0, 0.05) is 22.8 Å². The number of thiazole rings is 1. The Morgan fingerprint density at radius 3 is 2.70 bits per heavy atom. The fraction of sp³-hybridized carbons (Fsp3) is 0.147. The van der Waals surface area contributed by atoms with E-state index in [1.54, 1.807) is 48.1 Å². The summed E-state index contributed by atoms with van der Waals surface area (Å²) in [6, 6.07) is 24.4. The summed E-state index contributed by atoms with van der Waals surface area (Å²) in [5.41, 5.74) is 6.06. The van der Waals surface area contributed by atoms with E-state index in [-0.39, 0.29) is 17.2 Å². The highest BCUT2D eigenvalue weighted by atomic mass is 35.5. The minimum absolute atomic E-state index is 0.150. The topological polar surface area (TPSA) is 83.0 Å². The van der Waals surface area contributed by atoms with E-state index < -0.39 is 5.97 Å². The first-order valence-electron chi connectivity index (χ1n) is 13.7. The number of para-hydroxylation sites is 1. The molecule has 5 aromatic rings. The minimum atomic E-state index is -0.533. The number of halogens is 1. The van der Waals surface area contributed by atoms with Crippen molar-refractivity contribution >= 4 is 40.7 Å². The lowest BCUT2D eigenvalue weighted by Gasteiger charge is -2.31. The van der Waals surface area contributed by atoms with Gasteiger partial charge in [-0.25, -0.2) is 9.79 Å². The van der Waals surface area contributed by atoms with Crippen LogP contribution in [0.15, 0.2) is 98.6 Å². The van der Waals surface area contributed by atoms with Crippen molar-refractivity contribution < 1.29 is 18.7 Å². The molecule has 1 aliphatic heterocycles. The average Bonchev–Trinajstić information content (AvgIpc) is 3.63. The lowest BCUT2D eigenvalue weighted by molar-refractivity contribution is 0.0601. The van der Waals surface area contributed by atoms with E-state index >= 15 is 0 Å². The number of nitrogens with zero attached hydrogens (tertiary/aromatic N) is 2. The predicted octanol–water partition coefficient (Wildman–Crippen LogP) is 6.03. The molecular weight excluding hydrogens is 584 g/mol. The van der Waals surface area contributed by atoms with Gasteiger partial charge in [-0.2, -0.15) is 0 Å². The summed E-state index contributed by atoms with van der Waals surface area (Å²) in [5.74, 6) is 1.21. The molecule has 214 valence electrons. The van der Waals surface area contributed by atoms with Gasteiger partial charge in [-0.05, 0) is 60.4 Å². The molecular formula is C34H25ClN2O5S. The number of carbonyl (C=O) groups excluding carboxylic acids is 1. The Balaban J connectivity index is 1.37. The highest BCUT2D eigenvalue weighted by Gasteiger charge is 2.34. The number of hydrogen-bond acceptors (Lipinski definition) is 7. The average molecular weight is 609 g/mol. The highest BCUT2D eigenvalue weighted by molar-refractivity contribution is 7.07. The molecule has 0 bridgehead atoms. The molecule has 43 heavy (non-hydrogen) atoms. The first kappa shape index (κ1) is 27.2. The van der Waals surface area contributed by atoms with Gasteiger partial charge < -0.3 is 13.9 Å². The van der Waals surface area contributed by atoms with Gasteiger partial charge >= 0.3 is 5.97 Å². The Morgan fingerprint density at radius 1 is 1.05 bits per heavy atom. The summed E-state index contributed by atoms with van der Waals surface area (Å²) in [4.78, 5) is 31.9. The fourth-order valence-electron chi connectivity index (χ4n) is 5.85. The van der Waals surface area contributed by atoms with Crippen LogP contribution in [0.2, 0.25) is 5.02 Å². The zero-order valence-electron chi connectivity index (χ0n) is 23.3. The van der Waals surface area contributed by atoms with E-state index in [0.29, 0.717) is 31.4 Å². The molecule has 7 nitrogen and oxygen atoms in total. The van der Waals surface area contributed by atoms with E-state index in [9.17, 15) is 9.59 Å². The number of hydrogen-bond donors (Lipinski definition) is 0. The quantitative estimate of drug-likeness (QED) is 0.228. The maximum absolute atomic E-state index is 14.1. The van der Waals surface area contributed by atoms with Crippen LogP contribution < -0.4 is 19.6 Å². The fourth-order valence-corrected chi connectivity index (χ4v) is 7.03. The van der Waals surface area contributed by atoms with E-state index in [1.165, 1.54) is 24.0 Å². The van der Waals surface area contributed by atoms with Crippen molar-refractivity contribution in [2.45, 2.75) is 18.9 Å². The zero-order chi connectivity index (χ0) is 29.7. The summed E-state index contributed by atoms with van der Waals surface area (Å²) in [7, 11) is 2.96. The summed E-state index contributed by atoms with van der Waals surface area (Å²) < 4.78 is 19.0. The normalized spacial score (nSPS) is 15.8. The summed E-state index contributed by atoms with van der Waals surface area (Å²) in [6.07, 6.45) is 3.40. The van der Waals surface area contributed by atoms with Crippen molar-refractivity contribution in [2.24, 2.45) is 4.99 Å². The maximum atomic E-state index is 14.1. The van der Waals surface area contributed by atoms with Crippen molar-refractivity contribution in [3.63, 3.8) is 0 Å². The molecule has 2 aliphatic rings. The van der Waals surface area contributed by atoms with Crippen LogP contribution >= 0.6 is 22.9 Å². The second-order valence-corrected chi connectivity index (χ2v) is 11.7. The van der Waals surface area contributed by atoms with Crippen LogP contribution in [0, 0.1) is 0 Å². The maximum Gasteiger partial charge on any atom is 0.339 e. The van der Waals surface area contributed by atoms with Crippen molar-refractivity contribution in [3.8, 4) is 17.1 Å². The van der Waals surface area contributed by atoms with Crippen LogP contribution in [0.1, 0.15) is 45.3 Å². The smallest absolute Gasteiger partial charge is 0.339 e. The Hall–Kier alpha value is -4.66. The Labute approximate surface area is 255 Å². The van der Waals surface area contributed by atoms with Gasteiger partial charge in [0.1, 0.15) is 17.3 Å². The Morgan fingerprint density at radius 2 is 1.86 bits per heavy atom. The summed E-state index contributed by atoms with van der Waals surface area (Å²) >= 11 is 7.52. The lowest BCUT2D eigenvalue weighted by atomic mass is 9.83.